The average molecular weight is 456 g/mol. The van der Waals surface area contributed by atoms with Crippen LogP contribution < -0.4 is 10.2 Å². The lowest BCUT2D eigenvalue weighted by molar-refractivity contribution is -0.119. The van der Waals surface area contributed by atoms with Gasteiger partial charge in [0.05, 0.1) is 22.4 Å². The van der Waals surface area contributed by atoms with Gasteiger partial charge >= 0.3 is 5.97 Å². The zero-order chi connectivity index (χ0) is 24.4. The molecule has 3 amide bonds. The number of imide groups is 1. The number of aryl methyl sites for hydroxylation is 1. The van der Waals surface area contributed by atoms with Crippen LogP contribution >= 0.6 is 0 Å². The van der Waals surface area contributed by atoms with Gasteiger partial charge in [-0.05, 0) is 67.9 Å². The molecule has 0 unspecified atom stereocenters. The van der Waals surface area contributed by atoms with Crippen molar-refractivity contribution in [1.82, 2.24) is 0 Å². The molecule has 3 aromatic rings. The summed E-state index contributed by atoms with van der Waals surface area (Å²) in [6.45, 7) is 2.69. The molecule has 8 heteroatoms. The molecule has 3 aromatic carbocycles. The maximum absolute atomic E-state index is 12.9. The molecule has 0 atom stereocenters. The molecule has 0 spiro atoms. The van der Waals surface area contributed by atoms with Gasteiger partial charge in [-0.2, -0.15) is 0 Å². The number of esters is 1. The third kappa shape index (κ3) is 4.33. The van der Waals surface area contributed by atoms with Gasteiger partial charge in [0.25, 0.3) is 17.7 Å². The van der Waals surface area contributed by atoms with E-state index >= 15 is 0 Å². The maximum atomic E-state index is 12.9. The fraction of sp³-hybridized carbons (Fsp3) is 0.115. The number of Topliss-reactive ketones (excluding diaryl/α,β-unsaturated/α-hetero) is 1. The Morgan fingerprint density at radius 1 is 0.853 bits per heavy atom. The Bertz CT molecular complexity index is 1340. The molecule has 4 rings (SSSR count). The first-order valence-electron chi connectivity index (χ1n) is 10.4. The molecule has 0 aromatic heterocycles. The van der Waals surface area contributed by atoms with E-state index in [1.54, 1.807) is 49.4 Å². The maximum Gasteiger partial charge on any atom is 0.338 e. The first-order valence-corrected chi connectivity index (χ1v) is 10.4. The molecule has 1 aliphatic heterocycles. The Balaban J connectivity index is 1.42. The van der Waals surface area contributed by atoms with Gasteiger partial charge in [0.15, 0.2) is 12.4 Å². The number of anilines is 2. The molecule has 1 N–H and O–H groups in total. The monoisotopic (exact) mass is 456 g/mol. The van der Waals surface area contributed by atoms with Crippen LogP contribution in [0, 0.1) is 6.92 Å². The normalized spacial score (nSPS) is 12.4. The number of carbonyl (C=O) groups excluding carboxylic acids is 5. The van der Waals surface area contributed by atoms with Crippen LogP contribution in [0.15, 0.2) is 66.7 Å². The summed E-state index contributed by atoms with van der Waals surface area (Å²) in [5, 5.41) is 2.57. The molecule has 0 fully saturated rings. The second kappa shape index (κ2) is 9.11. The number of amides is 3. The van der Waals surface area contributed by atoms with Crippen molar-refractivity contribution in [1.29, 1.82) is 0 Å². The van der Waals surface area contributed by atoms with E-state index in [1.165, 1.54) is 25.1 Å². The molecule has 0 saturated carbocycles. The minimum absolute atomic E-state index is 0.0464. The Kier molecular flexibility index (Phi) is 6.05. The number of hydrogen-bond acceptors (Lipinski definition) is 6. The number of rotatable bonds is 6. The van der Waals surface area contributed by atoms with Crippen LogP contribution in [0.4, 0.5) is 11.4 Å². The number of para-hydroxylation sites is 1. The van der Waals surface area contributed by atoms with E-state index in [9.17, 15) is 24.0 Å². The summed E-state index contributed by atoms with van der Waals surface area (Å²) in [5.74, 6) is -2.47. The quantitative estimate of drug-likeness (QED) is 0.343. The van der Waals surface area contributed by atoms with Crippen molar-refractivity contribution in [3.8, 4) is 0 Å². The van der Waals surface area contributed by atoms with Gasteiger partial charge in [0.1, 0.15) is 0 Å². The lowest BCUT2D eigenvalue weighted by Gasteiger charge is -2.16. The van der Waals surface area contributed by atoms with Crippen LogP contribution in [-0.2, 0) is 9.53 Å². The highest BCUT2D eigenvalue weighted by molar-refractivity contribution is 6.35. The van der Waals surface area contributed by atoms with Gasteiger partial charge in [0, 0.05) is 11.3 Å². The third-order valence-corrected chi connectivity index (χ3v) is 5.39. The van der Waals surface area contributed by atoms with Gasteiger partial charge in [-0.1, -0.05) is 18.2 Å². The van der Waals surface area contributed by atoms with Gasteiger partial charge in [-0.3, -0.25) is 19.2 Å². The van der Waals surface area contributed by atoms with Crippen LogP contribution in [0.25, 0.3) is 0 Å². The summed E-state index contributed by atoms with van der Waals surface area (Å²) >= 11 is 0. The summed E-state index contributed by atoms with van der Waals surface area (Å²) in [4.78, 5) is 62.7. The molecule has 0 aliphatic carbocycles. The lowest BCUT2D eigenvalue weighted by atomic mass is 10.1. The van der Waals surface area contributed by atoms with Crippen molar-refractivity contribution in [2.24, 2.45) is 0 Å². The second-order valence-corrected chi connectivity index (χ2v) is 7.75. The van der Waals surface area contributed by atoms with E-state index in [2.05, 4.69) is 5.32 Å². The van der Waals surface area contributed by atoms with Gasteiger partial charge < -0.3 is 10.1 Å². The first-order chi connectivity index (χ1) is 16.3. The Morgan fingerprint density at radius 3 is 2.18 bits per heavy atom. The van der Waals surface area contributed by atoms with E-state index < -0.39 is 30.3 Å². The van der Waals surface area contributed by atoms with E-state index in [0.29, 0.717) is 16.9 Å². The molecule has 170 valence electrons. The van der Waals surface area contributed by atoms with Crippen molar-refractivity contribution in [2.45, 2.75) is 13.8 Å². The lowest BCUT2D eigenvalue weighted by Crippen LogP contribution is -2.29. The van der Waals surface area contributed by atoms with Crippen LogP contribution in [0.1, 0.15) is 53.9 Å². The number of nitrogens with zero attached hydrogens (tertiary/aromatic N) is 1. The van der Waals surface area contributed by atoms with Gasteiger partial charge in [-0.25, -0.2) is 9.69 Å². The summed E-state index contributed by atoms with van der Waals surface area (Å²) in [6, 6.07) is 17.4. The predicted octanol–water partition coefficient (Wildman–Crippen LogP) is 3.79. The van der Waals surface area contributed by atoms with Crippen molar-refractivity contribution in [2.75, 3.05) is 16.8 Å². The number of carbonyl (C=O) groups is 5. The summed E-state index contributed by atoms with van der Waals surface area (Å²) in [5.41, 5.74) is 2.53. The fourth-order valence-corrected chi connectivity index (χ4v) is 3.60. The number of ether oxygens (including phenoxy) is 1. The zero-order valence-corrected chi connectivity index (χ0v) is 18.5. The Hall–Kier alpha value is -4.59. The summed E-state index contributed by atoms with van der Waals surface area (Å²) in [7, 11) is 0. The SMILES string of the molecule is CC(=O)c1ccc(NC(=O)COC(=O)c2ccc3c(c2)C(=O)N(c2ccccc2C)C3=O)cc1. The van der Waals surface area contributed by atoms with Crippen molar-refractivity contribution >= 4 is 40.8 Å². The first kappa shape index (κ1) is 22.6. The van der Waals surface area contributed by atoms with Crippen LogP contribution in [0.5, 0.6) is 0 Å². The summed E-state index contributed by atoms with van der Waals surface area (Å²) < 4.78 is 5.06. The average Bonchev–Trinajstić information content (AvgIpc) is 3.07. The van der Waals surface area contributed by atoms with E-state index in [1.807, 2.05) is 6.07 Å². The smallest absolute Gasteiger partial charge is 0.338 e. The highest BCUT2D eigenvalue weighted by Gasteiger charge is 2.37. The summed E-state index contributed by atoms with van der Waals surface area (Å²) in [6.07, 6.45) is 0. The second-order valence-electron chi connectivity index (χ2n) is 7.75. The van der Waals surface area contributed by atoms with Crippen LogP contribution in [0.2, 0.25) is 0 Å². The van der Waals surface area contributed by atoms with E-state index in [-0.39, 0.29) is 22.5 Å². The van der Waals surface area contributed by atoms with E-state index in [0.717, 1.165) is 10.5 Å². The van der Waals surface area contributed by atoms with Crippen molar-refractivity contribution in [3.05, 3.63) is 94.5 Å². The number of hydrogen-bond donors (Lipinski definition) is 1. The van der Waals surface area contributed by atoms with Gasteiger partial charge in [-0.15, -0.1) is 0 Å². The van der Waals surface area contributed by atoms with E-state index in [4.69, 9.17) is 4.74 Å². The van der Waals surface area contributed by atoms with Crippen molar-refractivity contribution in [3.63, 3.8) is 0 Å². The molecule has 34 heavy (non-hydrogen) atoms. The Morgan fingerprint density at radius 2 is 1.50 bits per heavy atom. The highest BCUT2D eigenvalue weighted by atomic mass is 16.5. The van der Waals surface area contributed by atoms with Crippen LogP contribution in [0.3, 0.4) is 0 Å². The Labute approximate surface area is 195 Å². The zero-order valence-electron chi connectivity index (χ0n) is 18.5. The molecular weight excluding hydrogens is 436 g/mol. The molecule has 8 nitrogen and oxygen atoms in total. The third-order valence-electron chi connectivity index (χ3n) is 5.39. The number of nitrogens with one attached hydrogen (secondary N) is 1. The topological polar surface area (TPSA) is 110 Å². The minimum atomic E-state index is -0.806. The number of fused-ring (bicyclic) bond motifs is 1. The number of ketones is 1. The van der Waals surface area contributed by atoms with Crippen molar-refractivity contribution < 1.29 is 28.7 Å². The highest BCUT2D eigenvalue weighted by Crippen LogP contribution is 2.31. The fourth-order valence-electron chi connectivity index (χ4n) is 3.60. The minimum Gasteiger partial charge on any atom is -0.452 e. The number of benzene rings is 3. The van der Waals surface area contributed by atoms with Gasteiger partial charge in [0.2, 0.25) is 0 Å². The molecule has 0 bridgehead atoms. The molecule has 1 heterocycles. The molecule has 0 saturated heterocycles. The molecular formula is C26H20N2O6. The largest absolute Gasteiger partial charge is 0.452 e. The van der Waals surface area contributed by atoms with Crippen LogP contribution in [-0.4, -0.2) is 36.1 Å². The molecule has 1 aliphatic rings. The molecule has 0 radical (unpaired) electrons. The predicted molar refractivity (Wildman–Crippen MR) is 124 cm³/mol. The standard InChI is InChI=1S/C26H20N2O6/c1-15-5-3-4-6-22(15)28-24(31)20-12-9-18(13-21(20)25(28)32)26(33)34-14-23(30)27-19-10-7-17(8-11-19)16(2)29/h3-13H,14H2,1-2H3,(H,27,30).